The Morgan fingerprint density at radius 3 is 2.36 bits per heavy atom. The first-order chi connectivity index (χ1) is 10.6. The Kier molecular flexibility index (Phi) is 5.83. The average Bonchev–Trinajstić information content (AvgIpc) is 2.47. The molecule has 0 saturated heterocycles. The van der Waals surface area contributed by atoms with E-state index >= 15 is 0 Å². The Bertz CT molecular complexity index is 671. The Morgan fingerprint density at radius 2 is 1.73 bits per heavy atom. The molecular weight excluding hydrogens is 346 g/mol. The molecule has 2 aromatic rings. The normalized spacial score (nSPS) is 10.9. The van der Waals surface area contributed by atoms with Gasteiger partial charge < -0.3 is 14.7 Å². The third kappa shape index (κ3) is 4.49. The Hall–Kier alpha value is -2.01. The molecule has 0 heterocycles. The van der Waals surface area contributed by atoms with Crippen LogP contribution in [-0.2, 0) is 0 Å². The van der Waals surface area contributed by atoms with Crippen LogP contribution >= 0.6 is 15.9 Å². The summed E-state index contributed by atoms with van der Waals surface area (Å²) in [5, 5.41) is 11.5. The summed E-state index contributed by atoms with van der Waals surface area (Å²) in [4.78, 5) is 0. The fraction of sp³-hybridized carbons (Fsp3) is 0.235. The average molecular weight is 364 g/mol. The minimum Gasteiger partial charge on any atom is -0.490 e. The van der Waals surface area contributed by atoms with E-state index < -0.39 is 0 Å². The number of benzene rings is 2. The van der Waals surface area contributed by atoms with Crippen molar-refractivity contribution < 1.29 is 14.7 Å². The fourth-order valence-corrected chi connectivity index (χ4v) is 2.56. The molecule has 0 atom stereocenters. The highest BCUT2D eigenvalue weighted by Crippen LogP contribution is 2.25. The van der Waals surface area contributed by atoms with Crippen molar-refractivity contribution in [1.82, 2.24) is 0 Å². The van der Waals surface area contributed by atoms with Gasteiger partial charge >= 0.3 is 0 Å². The van der Waals surface area contributed by atoms with E-state index in [1.54, 1.807) is 0 Å². The van der Waals surface area contributed by atoms with Crippen molar-refractivity contribution in [2.75, 3.05) is 13.2 Å². The van der Waals surface area contributed by atoms with Crippen LogP contribution in [0.1, 0.15) is 16.7 Å². The first kappa shape index (κ1) is 16.4. The lowest BCUT2D eigenvalue weighted by molar-refractivity contribution is 0.215. The monoisotopic (exact) mass is 363 g/mol. The number of nitrogens with zero attached hydrogens (tertiary/aromatic N) is 1. The van der Waals surface area contributed by atoms with Crippen molar-refractivity contribution in [3.05, 3.63) is 57.6 Å². The summed E-state index contributed by atoms with van der Waals surface area (Å²) in [6.07, 6.45) is 1.36. The van der Waals surface area contributed by atoms with E-state index in [1.807, 2.05) is 37.3 Å². The van der Waals surface area contributed by atoms with Crippen molar-refractivity contribution >= 4 is 22.1 Å². The van der Waals surface area contributed by atoms with Crippen LogP contribution in [0.2, 0.25) is 0 Å². The van der Waals surface area contributed by atoms with E-state index in [0.717, 1.165) is 27.1 Å². The molecule has 2 rings (SSSR count). The third-order valence-electron chi connectivity index (χ3n) is 3.09. The molecule has 22 heavy (non-hydrogen) atoms. The van der Waals surface area contributed by atoms with Crippen molar-refractivity contribution in [1.29, 1.82) is 0 Å². The zero-order chi connectivity index (χ0) is 15.9. The van der Waals surface area contributed by atoms with Crippen LogP contribution in [0.5, 0.6) is 11.5 Å². The quantitative estimate of drug-likeness (QED) is 0.359. The predicted molar refractivity (Wildman–Crippen MR) is 90.4 cm³/mol. The molecule has 0 amide bonds. The number of rotatable bonds is 6. The highest BCUT2D eigenvalue weighted by Gasteiger charge is 2.03. The van der Waals surface area contributed by atoms with Gasteiger partial charge in [0.05, 0.1) is 10.7 Å². The molecule has 0 fully saturated rings. The van der Waals surface area contributed by atoms with Crippen LogP contribution in [0.4, 0.5) is 0 Å². The summed E-state index contributed by atoms with van der Waals surface area (Å²) in [7, 11) is 0. The van der Waals surface area contributed by atoms with Crippen LogP contribution in [-0.4, -0.2) is 24.6 Å². The lowest BCUT2D eigenvalue weighted by atomic mass is 10.1. The second kappa shape index (κ2) is 7.84. The topological polar surface area (TPSA) is 51.0 Å². The van der Waals surface area contributed by atoms with E-state index in [9.17, 15) is 0 Å². The number of aryl methyl sites for hydroxylation is 2. The number of halogens is 1. The summed E-state index contributed by atoms with van der Waals surface area (Å²) in [6, 6.07) is 11.5. The zero-order valence-electron chi connectivity index (χ0n) is 12.5. The number of hydrogen-bond donors (Lipinski definition) is 1. The number of hydrogen-bond acceptors (Lipinski definition) is 4. The standard InChI is InChI=1S/C17H18BrNO3/c1-12-3-5-16(13(2)9-12)21-7-8-22-17-6-4-14(11-19-20)10-15(17)18/h3-6,9-11,20H,7-8H2,1-2H3. The molecule has 0 unspecified atom stereocenters. The second-order valence-electron chi connectivity index (χ2n) is 4.90. The molecule has 0 aromatic heterocycles. The van der Waals surface area contributed by atoms with Crippen LogP contribution in [0.3, 0.4) is 0 Å². The highest BCUT2D eigenvalue weighted by molar-refractivity contribution is 9.10. The Labute approximate surface area is 138 Å². The molecule has 5 heteroatoms. The maximum atomic E-state index is 8.51. The lowest BCUT2D eigenvalue weighted by Crippen LogP contribution is -2.10. The van der Waals surface area contributed by atoms with Crippen LogP contribution in [0.15, 0.2) is 46.0 Å². The molecular formula is C17H18BrNO3. The van der Waals surface area contributed by atoms with Gasteiger partial charge in [0.2, 0.25) is 0 Å². The first-order valence-corrected chi connectivity index (χ1v) is 7.69. The fourth-order valence-electron chi connectivity index (χ4n) is 2.05. The molecule has 1 N–H and O–H groups in total. The molecule has 2 aromatic carbocycles. The molecule has 0 radical (unpaired) electrons. The molecule has 0 spiro atoms. The van der Waals surface area contributed by atoms with Gasteiger partial charge in [-0.2, -0.15) is 0 Å². The van der Waals surface area contributed by atoms with Gasteiger partial charge in [0.15, 0.2) is 0 Å². The van der Waals surface area contributed by atoms with Gasteiger partial charge in [-0.1, -0.05) is 22.9 Å². The van der Waals surface area contributed by atoms with Gasteiger partial charge in [-0.25, -0.2) is 0 Å². The van der Waals surface area contributed by atoms with Crippen molar-refractivity contribution in [2.24, 2.45) is 5.16 Å². The van der Waals surface area contributed by atoms with Gasteiger partial charge in [-0.3, -0.25) is 0 Å². The first-order valence-electron chi connectivity index (χ1n) is 6.90. The SMILES string of the molecule is Cc1ccc(OCCOc2ccc(C=NO)cc2Br)c(C)c1. The Balaban J connectivity index is 1.86. The lowest BCUT2D eigenvalue weighted by Gasteiger charge is -2.12. The van der Waals surface area contributed by atoms with Crippen LogP contribution in [0.25, 0.3) is 0 Å². The maximum absolute atomic E-state index is 8.51. The molecule has 0 bridgehead atoms. The molecule has 116 valence electrons. The second-order valence-corrected chi connectivity index (χ2v) is 5.75. The molecule has 4 nitrogen and oxygen atoms in total. The van der Waals surface area contributed by atoms with Gasteiger partial charge in [0.1, 0.15) is 24.7 Å². The van der Waals surface area contributed by atoms with E-state index in [4.69, 9.17) is 14.7 Å². The summed E-state index contributed by atoms with van der Waals surface area (Å²) < 4.78 is 12.2. The van der Waals surface area contributed by atoms with Gasteiger partial charge in [0, 0.05) is 0 Å². The van der Waals surface area contributed by atoms with E-state index in [1.165, 1.54) is 11.8 Å². The largest absolute Gasteiger partial charge is 0.490 e. The Morgan fingerprint density at radius 1 is 1.05 bits per heavy atom. The van der Waals surface area contributed by atoms with Gasteiger partial charge in [-0.15, -0.1) is 0 Å². The summed E-state index contributed by atoms with van der Waals surface area (Å²) in [6.45, 7) is 5.00. The summed E-state index contributed by atoms with van der Waals surface area (Å²) in [5.74, 6) is 1.60. The summed E-state index contributed by atoms with van der Waals surface area (Å²) >= 11 is 3.42. The highest BCUT2D eigenvalue weighted by atomic mass is 79.9. The molecule has 0 aliphatic carbocycles. The molecule has 0 aliphatic rings. The smallest absolute Gasteiger partial charge is 0.133 e. The van der Waals surface area contributed by atoms with Crippen LogP contribution < -0.4 is 9.47 Å². The van der Waals surface area contributed by atoms with E-state index in [-0.39, 0.29) is 0 Å². The number of oxime groups is 1. The molecule has 0 saturated carbocycles. The maximum Gasteiger partial charge on any atom is 0.133 e. The van der Waals surface area contributed by atoms with Gasteiger partial charge in [-0.05, 0) is 65.2 Å². The van der Waals surface area contributed by atoms with E-state index in [2.05, 4.69) is 34.1 Å². The zero-order valence-corrected chi connectivity index (χ0v) is 14.1. The van der Waals surface area contributed by atoms with Gasteiger partial charge in [0.25, 0.3) is 0 Å². The predicted octanol–water partition coefficient (Wildman–Crippen LogP) is 4.33. The number of ether oxygens (including phenoxy) is 2. The van der Waals surface area contributed by atoms with Crippen molar-refractivity contribution in [3.63, 3.8) is 0 Å². The molecule has 0 aliphatic heterocycles. The third-order valence-corrected chi connectivity index (χ3v) is 3.71. The van der Waals surface area contributed by atoms with Crippen LogP contribution in [0, 0.1) is 13.8 Å². The van der Waals surface area contributed by atoms with Crippen molar-refractivity contribution in [3.8, 4) is 11.5 Å². The van der Waals surface area contributed by atoms with Crippen molar-refractivity contribution in [2.45, 2.75) is 13.8 Å². The minimum absolute atomic E-state index is 0.444. The summed E-state index contributed by atoms with van der Waals surface area (Å²) in [5.41, 5.74) is 3.12. The van der Waals surface area contributed by atoms with E-state index in [0.29, 0.717) is 13.2 Å². The minimum atomic E-state index is 0.444.